The number of Topliss-reactive ketones (excluding diaryl/α,β-unsaturated/α-hetero) is 1. The molecule has 0 atom stereocenters. The highest BCUT2D eigenvalue weighted by molar-refractivity contribution is 5.84. The smallest absolute Gasteiger partial charge is 0.152 e. The van der Waals surface area contributed by atoms with Gasteiger partial charge in [0, 0.05) is 13.0 Å². The van der Waals surface area contributed by atoms with E-state index in [1.165, 1.54) is 0 Å². The summed E-state index contributed by atoms with van der Waals surface area (Å²) < 4.78 is 0. The molecule has 4 heteroatoms. The number of aromatic nitrogens is 2. The van der Waals surface area contributed by atoms with Crippen LogP contribution in [0.5, 0.6) is 0 Å². The summed E-state index contributed by atoms with van der Waals surface area (Å²) >= 11 is 0. The lowest BCUT2D eigenvalue weighted by Crippen LogP contribution is -2.36. The van der Waals surface area contributed by atoms with E-state index in [-0.39, 0.29) is 5.78 Å². The van der Waals surface area contributed by atoms with Gasteiger partial charge in [0.15, 0.2) is 5.78 Å². The van der Waals surface area contributed by atoms with Gasteiger partial charge in [0.2, 0.25) is 0 Å². The SMILES string of the molecule is O=C1CCCN(c2cnc3ccccc3n2)C1. The van der Waals surface area contributed by atoms with Crippen molar-refractivity contribution in [3.8, 4) is 0 Å². The molecule has 0 radical (unpaired) electrons. The predicted octanol–water partition coefficient (Wildman–Crippen LogP) is 1.80. The van der Waals surface area contributed by atoms with Crippen LogP contribution in [0.15, 0.2) is 30.5 Å². The molecule has 1 fully saturated rings. The Balaban J connectivity index is 1.97. The number of para-hydroxylation sites is 2. The number of nitrogens with zero attached hydrogens (tertiary/aromatic N) is 3. The van der Waals surface area contributed by atoms with E-state index in [9.17, 15) is 4.79 Å². The van der Waals surface area contributed by atoms with Gasteiger partial charge in [-0.05, 0) is 18.6 Å². The zero-order valence-corrected chi connectivity index (χ0v) is 9.47. The highest BCUT2D eigenvalue weighted by Gasteiger charge is 2.18. The Morgan fingerprint density at radius 2 is 2.00 bits per heavy atom. The van der Waals surface area contributed by atoms with Crippen LogP contribution in [0.1, 0.15) is 12.8 Å². The van der Waals surface area contributed by atoms with Crippen LogP contribution in [0, 0.1) is 0 Å². The van der Waals surface area contributed by atoms with E-state index >= 15 is 0 Å². The lowest BCUT2D eigenvalue weighted by molar-refractivity contribution is -0.118. The maximum atomic E-state index is 11.4. The van der Waals surface area contributed by atoms with Crippen molar-refractivity contribution in [1.29, 1.82) is 0 Å². The number of hydrogen-bond donors (Lipinski definition) is 0. The van der Waals surface area contributed by atoms with Crippen molar-refractivity contribution < 1.29 is 4.79 Å². The lowest BCUT2D eigenvalue weighted by atomic mass is 10.1. The fourth-order valence-corrected chi connectivity index (χ4v) is 2.13. The van der Waals surface area contributed by atoms with E-state index in [1.807, 2.05) is 29.2 Å². The molecule has 0 spiro atoms. The largest absolute Gasteiger partial charge is 0.348 e. The van der Waals surface area contributed by atoms with Gasteiger partial charge in [-0.25, -0.2) is 4.98 Å². The maximum Gasteiger partial charge on any atom is 0.152 e. The fourth-order valence-electron chi connectivity index (χ4n) is 2.13. The fraction of sp³-hybridized carbons (Fsp3) is 0.308. The number of piperidine rings is 1. The monoisotopic (exact) mass is 227 g/mol. The second kappa shape index (κ2) is 4.13. The third kappa shape index (κ3) is 1.98. The third-order valence-electron chi connectivity index (χ3n) is 3.01. The molecule has 2 aromatic rings. The van der Waals surface area contributed by atoms with E-state index in [0.29, 0.717) is 13.0 Å². The molecule has 0 unspecified atom stereocenters. The summed E-state index contributed by atoms with van der Waals surface area (Å²) in [5.41, 5.74) is 1.77. The second-order valence-corrected chi connectivity index (χ2v) is 4.28. The summed E-state index contributed by atoms with van der Waals surface area (Å²) in [5.74, 6) is 1.09. The van der Waals surface area contributed by atoms with Gasteiger partial charge in [0.25, 0.3) is 0 Å². The van der Waals surface area contributed by atoms with Crippen molar-refractivity contribution in [3.63, 3.8) is 0 Å². The first-order valence-electron chi connectivity index (χ1n) is 5.81. The Morgan fingerprint density at radius 1 is 1.18 bits per heavy atom. The summed E-state index contributed by atoms with van der Waals surface area (Å²) in [7, 11) is 0. The molecular weight excluding hydrogens is 214 g/mol. The van der Waals surface area contributed by atoms with Gasteiger partial charge in [-0.3, -0.25) is 9.78 Å². The van der Waals surface area contributed by atoms with E-state index in [2.05, 4.69) is 9.97 Å². The average Bonchev–Trinajstić information content (AvgIpc) is 2.38. The normalized spacial score (nSPS) is 16.5. The van der Waals surface area contributed by atoms with E-state index in [0.717, 1.165) is 29.8 Å². The summed E-state index contributed by atoms with van der Waals surface area (Å²) in [6.07, 6.45) is 3.35. The van der Waals surface area contributed by atoms with Crippen LogP contribution < -0.4 is 4.90 Å². The van der Waals surface area contributed by atoms with Crippen molar-refractivity contribution in [1.82, 2.24) is 9.97 Å². The highest BCUT2D eigenvalue weighted by Crippen LogP contribution is 2.18. The molecule has 86 valence electrons. The molecule has 0 amide bonds. The first kappa shape index (κ1) is 10.2. The molecule has 0 saturated carbocycles. The average molecular weight is 227 g/mol. The summed E-state index contributed by atoms with van der Waals surface area (Å²) in [6, 6.07) is 7.77. The first-order valence-corrected chi connectivity index (χ1v) is 5.81. The minimum absolute atomic E-state index is 0.284. The number of carbonyl (C=O) groups is 1. The van der Waals surface area contributed by atoms with Crippen LogP contribution >= 0.6 is 0 Å². The van der Waals surface area contributed by atoms with Crippen LogP contribution in [0.4, 0.5) is 5.82 Å². The van der Waals surface area contributed by atoms with E-state index in [1.54, 1.807) is 6.20 Å². The highest BCUT2D eigenvalue weighted by atomic mass is 16.1. The molecular formula is C13H13N3O. The van der Waals surface area contributed by atoms with E-state index < -0.39 is 0 Å². The van der Waals surface area contributed by atoms with Gasteiger partial charge in [-0.1, -0.05) is 12.1 Å². The Morgan fingerprint density at radius 3 is 2.82 bits per heavy atom. The number of carbonyl (C=O) groups excluding carboxylic acids is 1. The lowest BCUT2D eigenvalue weighted by Gasteiger charge is -2.26. The molecule has 0 N–H and O–H groups in total. The van der Waals surface area contributed by atoms with Crippen LogP contribution in [-0.4, -0.2) is 28.8 Å². The molecule has 3 rings (SSSR count). The van der Waals surface area contributed by atoms with Gasteiger partial charge in [0.05, 0.1) is 23.8 Å². The van der Waals surface area contributed by atoms with E-state index in [4.69, 9.17) is 0 Å². The first-order chi connectivity index (χ1) is 8.33. The van der Waals surface area contributed by atoms with Crippen LogP contribution in [0.2, 0.25) is 0 Å². The second-order valence-electron chi connectivity index (χ2n) is 4.28. The third-order valence-corrected chi connectivity index (χ3v) is 3.01. The quantitative estimate of drug-likeness (QED) is 0.745. The number of ketones is 1. The zero-order chi connectivity index (χ0) is 11.7. The van der Waals surface area contributed by atoms with Crippen molar-refractivity contribution in [2.75, 3.05) is 18.0 Å². The molecule has 1 aliphatic rings. The Kier molecular flexibility index (Phi) is 2.48. The van der Waals surface area contributed by atoms with Crippen molar-refractivity contribution >= 4 is 22.6 Å². The minimum atomic E-state index is 0.284. The molecule has 2 heterocycles. The molecule has 1 saturated heterocycles. The van der Waals surface area contributed by atoms with Crippen LogP contribution in [0.3, 0.4) is 0 Å². The number of fused-ring (bicyclic) bond motifs is 1. The standard InChI is InChI=1S/C13H13N3O/c17-10-4-3-7-16(9-10)13-8-14-11-5-1-2-6-12(11)15-13/h1-2,5-6,8H,3-4,7,9H2. The Hall–Kier alpha value is -1.97. The molecule has 17 heavy (non-hydrogen) atoms. The molecule has 1 aliphatic heterocycles. The number of hydrogen-bond acceptors (Lipinski definition) is 4. The maximum absolute atomic E-state index is 11.4. The number of rotatable bonds is 1. The molecule has 0 aliphatic carbocycles. The zero-order valence-electron chi connectivity index (χ0n) is 9.47. The molecule has 4 nitrogen and oxygen atoms in total. The van der Waals surface area contributed by atoms with Crippen molar-refractivity contribution in [2.45, 2.75) is 12.8 Å². The summed E-state index contributed by atoms with van der Waals surface area (Å²) in [6.45, 7) is 1.35. The van der Waals surface area contributed by atoms with Gasteiger partial charge >= 0.3 is 0 Å². The number of benzene rings is 1. The minimum Gasteiger partial charge on any atom is -0.348 e. The van der Waals surface area contributed by atoms with Gasteiger partial charge in [0.1, 0.15) is 5.82 Å². The molecule has 0 bridgehead atoms. The Bertz CT molecular complexity index is 567. The predicted molar refractivity (Wildman–Crippen MR) is 66.0 cm³/mol. The number of anilines is 1. The van der Waals surface area contributed by atoms with Crippen molar-refractivity contribution in [2.24, 2.45) is 0 Å². The van der Waals surface area contributed by atoms with Gasteiger partial charge in [-0.2, -0.15) is 0 Å². The van der Waals surface area contributed by atoms with Crippen molar-refractivity contribution in [3.05, 3.63) is 30.5 Å². The van der Waals surface area contributed by atoms with Crippen LogP contribution in [-0.2, 0) is 4.79 Å². The Labute approximate surface area is 99.3 Å². The summed E-state index contributed by atoms with van der Waals surface area (Å²) in [4.78, 5) is 22.3. The topological polar surface area (TPSA) is 46.1 Å². The molecule has 1 aromatic heterocycles. The van der Waals surface area contributed by atoms with Gasteiger partial charge in [-0.15, -0.1) is 0 Å². The molecule has 1 aromatic carbocycles. The van der Waals surface area contributed by atoms with Gasteiger partial charge < -0.3 is 4.90 Å². The summed E-state index contributed by atoms with van der Waals surface area (Å²) in [5, 5.41) is 0. The van der Waals surface area contributed by atoms with Crippen LogP contribution in [0.25, 0.3) is 11.0 Å².